The lowest BCUT2D eigenvalue weighted by atomic mass is 10.1. The Morgan fingerprint density at radius 2 is 1.76 bits per heavy atom. The predicted octanol–water partition coefficient (Wildman–Crippen LogP) is 5.59. The molecule has 0 saturated heterocycles. The smallest absolute Gasteiger partial charge is 0.330 e. The third-order valence-corrected chi connectivity index (χ3v) is 6.44. The summed E-state index contributed by atoms with van der Waals surface area (Å²) in [5.41, 5.74) is 3.74. The Hall–Kier alpha value is -3.91. The number of methoxy groups -OCH3 is 1. The number of nitrogens with zero attached hydrogens (tertiary/aromatic N) is 1. The summed E-state index contributed by atoms with van der Waals surface area (Å²) in [6, 6.07) is 18.4. The monoisotopic (exact) mass is 563 g/mol. The Labute approximate surface area is 223 Å². The summed E-state index contributed by atoms with van der Waals surface area (Å²) in [6.07, 6.45) is 3.28. The molecule has 3 aromatic carbocycles. The predicted molar refractivity (Wildman–Crippen MR) is 143 cm³/mol. The molecule has 8 heteroatoms. The van der Waals surface area contributed by atoms with Crippen molar-refractivity contribution in [3.63, 3.8) is 0 Å². The van der Waals surface area contributed by atoms with Gasteiger partial charge < -0.3 is 14.2 Å². The molecule has 37 heavy (non-hydrogen) atoms. The number of carbonyl (C=O) groups excluding carboxylic acids is 3. The van der Waals surface area contributed by atoms with Gasteiger partial charge in [0, 0.05) is 17.1 Å². The van der Waals surface area contributed by atoms with Crippen LogP contribution in [-0.4, -0.2) is 42.9 Å². The fourth-order valence-electron chi connectivity index (χ4n) is 3.91. The molecule has 0 atom stereocenters. The second-order valence-corrected chi connectivity index (χ2v) is 9.35. The largest absolute Gasteiger partial charge is 0.493 e. The minimum absolute atomic E-state index is 0.0786. The highest BCUT2D eigenvalue weighted by Crippen LogP contribution is 2.30. The van der Waals surface area contributed by atoms with Crippen LogP contribution in [0.2, 0.25) is 0 Å². The van der Waals surface area contributed by atoms with Crippen LogP contribution in [0.1, 0.15) is 43.8 Å². The lowest BCUT2D eigenvalue weighted by Gasteiger charge is -2.13. The topological polar surface area (TPSA) is 82.1 Å². The first-order valence-corrected chi connectivity index (χ1v) is 12.5. The Bertz CT molecular complexity index is 1370. The number of imide groups is 1. The maximum Gasteiger partial charge on any atom is 0.330 e. The normalized spacial score (nSPS) is 12.7. The van der Waals surface area contributed by atoms with Crippen LogP contribution in [0, 0.1) is 6.92 Å². The summed E-state index contributed by atoms with van der Waals surface area (Å²) < 4.78 is 17.3. The van der Waals surface area contributed by atoms with Gasteiger partial charge in [-0.3, -0.25) is 14.5 Å². The van der Waals surface area contributed by atoms with Crippen LogP contribution in [-0.2, 0) is 16.1 Å². The summed E-state index contributed by atoms with van der Waals surface area (Å²) >= 11 is 3.31. The van der Waals surface area contributed by atoms with Gasteiger partial charge in [-0.05, 0) is 66.4 Å². The number of aryl methyl sites for hydroxylation is 1. The maximum absolute atomic E-state index is 12.5. The zero-order chi connectivity index (χ0) is 26.4. The van der Waals surface area contributed by atoms with Crippen LogP contribution in [0.25, 0.3) is 6.08 Å². The molecule has 0 fully saturated rings. The lowest BCUT2D eigenvalue weighted by Crippen LogP contribution is -2.31. The molecule has 0 aromatic heterocycles. The Morgan fingerprint density at radius 3 is 2.54 bits per heavy atom. The third kappa shape index (κ3) is 6.27. The number of esters is 1. The van der Waals surface area contributed by atoms with E-state index in [-0.39, 0.29) is 25.0 Å². The van der Waals surface area contributed by atoms with E-state index in [0.29, 0.717) is 35.7 Å². The summed E-state index contributed by atoms with van der Waals surface area (Å²) in [5, 5.41) is 0. The van der Waals surface area contributed by atoms with Crippen molar-refractivity contribution in [1.82, 2.24) is 4.90 Å². The molecule has 1 aliphatic rings. The van der Waals surface area contributed by atoms with Crippen molar-refractivity contribution < 1.29 is 28.6 Å². The van der Waals surface area contributed by atoms with Gasteiger partial charge in [-0.15, -0.1) is 0 Å². The number of fused-ring (bicyclic) bond motifs is 1. The standard InChI is InChI=1S/C29H26BrNO6/c1-19-6-3-4-7-21(19)18-37-25-12-8-20(16-26(25)35-2)9-13-27(32)36-15-5-14-31-28(33)23-11-10-22(30)17-24(23)29(31)34/h3-4,6-13,16-17H,5,14-15,18H2,1-2H3/b13-9+. The first-order chi connectivity index (χ1) is 17.9. The van der Waals surface area contributed by atoms with Crippen molar-refractivity contribution in [2.75, 3.05) is 20.3 Å². The third-order valence-electron chi connectivity index (χ3n) is 5.95. The number of carbonyl (C=O) groups is 3. The Kier molecular flexibility index (Phi) is 8.40. The minimum atomic E-state index is -0.523. The van der Waals surface area contributed by atoms with E-state index in [1.165, 1.54) is 11.0 Å². The fraction of sp³-hybridized carbons (Fsp3) is 0.207. The van der Waals surface area contributed by atoms with E-state index in [1.807, 2.05) is 37.3 Å². The zero-order valence-electron chi connectivity index (χ0n) is 20.5. The molecule has 2 amide bonds. The quantitative estimate of drug-likeness (QED) is 0.138. The summed E-state index contributed by atoms with van der Waals surface area (Å²) in [4.78, 5) is 38.3. The highest BCUT2D eigenvalue weighted by atomic mass is 79.9. The highest BCUT2D eigenvalue weighted by molar-refractivity contribution is 9.10. The maximum atomic E-state index is 12.5. The number of halogens is 1. The molecule has 190 valence electrons. The van der Waals surface area contributed by atoms with Gasteiger partial charge in [0.15, 0.2) is 11.5 Å². The van der Waals surface area contributed by atoms with Crippen molar-refractivity contribution in [1.29, 1.82) is 0 Å². The van der Waals surface area contributed by atoms with Crippen molar-refractivity contribution in [2.45, 2.75) is 20.0 Å². The molecule has 0 saturated carbocycles. The number of amides is 2. The van der Waals surface area contributed by atoms with E-state index in [1.54, 1.807) is 43.5 Å². The van der Waals surface area contributed by atoms with Gasteiger partial charge in [-0.2, -0.15) is 0 Å². The SMILES string of the molecule is COc1cc(/C=C/C(=O)OCCCN2C(=O)c3ccc(Br)cc3C2=O)ccc1OCc1ccccc1C. The molecule has 0 N–H and O–H groups in total. The Balaban J connectivity index is 1.25. The van der Waals surface area contributed by atoms with Crippen LogP contribution in [0.15, 0.2) is 71.2 Å². The summed E-state index contributed by atoms with van der Waals surface area (Å²) in [5.74, 6) is -0.0417. The molecular weight excluding hydrogens is 538 g/mol. The van der Waals surface area contributed by atoms with Crippen LogP contribution >= 0.6 is 15.9 Å². The number of rotatable bonds is 10. The van der Waals surface area contributed by atoms with Gasteiger partial charge in [0.2, 0.25) is 0 Å². The zero-order valence-corrected chi connectivity index (χ0v) is 22.1. The molecule has 0 spiro atoms. The molecular formula is C29H26BrNO6. The van der Waals surface area contributed by atoms with Crippen LogP contribution in [0.3, 0.4) is 0 Å². The van der Waals surface area contributed by atoms with Gasteiger partial charge >= 0.3 is 5.97 Å². The van der Waals surface area contributed by atoms with Gasteiger partial charge in [0.1, 0.15) is 6.61 Å². The number of hydrogen-bond acceptors (Lipinski definition) is 6. The minimum Gasteiger partial charge on any atom is -0.493 e. The second-order valence-electron chi connectivity index (χ2n) is 8.43. The first kappa shape index (κ1) is 26.2. The van der Waals surface area contributed by atoms with E-state index >= 15 is 0 Å². The van der Waals surface area contributed by atoms with Crippen molar-refractivity contribution >= 4 is 39.8 Å². The van der Waals surface area contributed by atoms with E-state index < -0.39 is 5.97 Å². The summed E-state index contributed by atoms with van der Waals surface area (Å²) in [6.45, 7) is 2.70. The van der Waals surface area contributed by atoms with Crippen molar-refractivity contribution in [2.24, 2.45) is 0 Å². The van der Waals surface area contributed by atoms with Crippen LogP contribution < -0.4 is 9.47 Å². The van der Waals surface area contributed by atoms with Crippen LogP contribution in [0.5, 0.6) is 11.5 Å². The Morgan fingerprint density at radius 1 is 0.973 bits per heavy atom. The van der Waals surface area contributed by atoms with Gasteiger partial charge in [-0.25, -0.2) is 4.79 Å². The number of benzene rings is 3. The van der Waals surface area contributed by atoms with E-state index in [9.17, 15) is 14.4 Å². The van der Waals surface area contributed by atoms with E-state index in [2.05, 4.69) is 15.9 Å². The number of ether oxygens (including phenoxy) is 3. The fourth-order valence-corrected chi connectivity index (χ4v) is 4.27. The van der Waals surface area contributed by atoms with Gasteiger partial charge in [-0.1, -0.05) is 46.3 Å². The van der Waals surface area contributed by atoms with E-state index in [0.717, 1.165) is 21.2 Å². The molecule has 4 rings (SSSR count). The van der Waals surface area contributed by atoms with E-state index in [4.69, 9.17) is 14.2 Å². The molecule has 0 unspecified atom stereocenters. The highest BCUT2D eigenvalue weighted by Gasteiger charge is 2.35. The van der Waals surface area contributed by atoms with Crippen LogP contribution in [0.4, 0.5) is 0 Å². The van der Waals surface area contributed by atoms with Crippen molar-refractivity contribution in [3.05, 3.63) is 99.0 Å². The molecule has 0 bridgehead atoms. The lowest BCUT2D eigenvalue weighted by molar-refractivity contribution is -0.137. The van der Waals surface area contributed by atoms with Gasteiger partial charge in [0.05, 0.1) is 24.8 Å². The van der Waals surface area contributed by atoms with Gasteiger partial charge in [0.25, 0.3) is 11.8 Å². The second kappa shape index (κ2) is 11.9. The molecule has 1 aliphatic heterocycles. The molecule has 0 aliphatic carbocycles. The average molecular weight is 564 g/mol. The molecule has 7 nitrogen and oxygen atoms in total. The molecule has 3 aromatic rings. The first-order valence-electron chi connectivity index (χ1n) is 11.7. The molecule has 1 heterocycles. The van der Waals surface area contributed by atoms with Crippen molar-refractivity contribution in [3.8, 4) is 11.5 Å². The summed E-state index contributed by atoms with van der Waals surface area (Å²) in [7, 11) is 1.56. The molecule has 0 radical (unpaired) electrons. The number of hydrogen-bond donors (Lipinski definition) is 0. The average Bonchev–Trinajstić information content (AvgIpc) is 3.13.